The van der Waals surface area contributed by atoms with E-state index in [0.717, 1.165) is 29.1 Å². The van der Waals surface area contributed by atoms with Gasteiger partial charge in [0, 0.05) is 36.3 Å². The van der Waals surface area contributed by atoms with Crippen molar-refractivity contribution in [1.29, 1.82) is 0 Å². The molecule has 1 amide bonds. The molecular weight excluding hydrogens is 391 g/mol. The van der Waals surface area contributed by atoms with E-state index in [1.165, 1.54) is 11.3 Å². The molecule has 0 spiro atoms. The number of nitrogens with two attached hydrogens (primary N) is 1. The van der Waals surface area contributed by atoms with Crippen LogP contribution in [0.4, 0.5) is 15.9 Å². The Hall–Kier alpha value is -2.91. The minimum Gasteiger partial charge on any atom is -0.396 e. The minimum atomic E-state index is -0.390. The predicted octanol–water partition coefficient (Wildman–Crippen LogP) is 3.32. The number of hydrogen-bond donors (Lipinski definition) is 2. The molecule has 9 heteroatoms. The molecule has 0 radical (unpaired) electrons. The highest BCUT2D eigenvalue weighted by atomic mass is 32.1. The van der Waals surface area contributed by atoms with Crippen LogP contribution in [0.25, 0.3) is 5.57 Å². The molecule has 0 bridgehead atoms. The summed E-state index contributed by atoms with van der Waals surface area (Å²) in [7, 11) is 0. The van der Waals surface area contributed by atoms with E-state index >= 15 is 0 Å². The number of rotatable bonds is 7. The lowest BCUT2D eigenvalue weighted by molar-refractivity contribution is 0.102. The Balaban J connectivity index is 1.80. The number of aliphatic imine (C=N–C) groups is 1. The average Bonchev–Trinajstić information content (AvgIpc) is 3.13. The van der Waals surface area contributed by atoms with E-state index in [1.54, 1.807) is 18.3 Å². The molecule has 0 saturated heterocycles. The van der Waals surface area contributed by atoms with Gasteiger partial charge in [0.05, 0.1) is 17.1 Å². The molecule has 29 heavy (non-hydrogen) atoms. The maximum atomic E-state index is 12.7. The third kappa shape index (κ3) is 4.93. The minimum absolute atomic E-state index is 0.263. The molecule has 152 valence electrons. The number of pyridine rings is 1. The third-order valence-electron chi connectivity index (χ3n) is 4.43. The van der Waals surface area contributed by atoms with Gasteiger partial charge in [0.15, 0.2) is 10.8 Å². The van der Waals surface area contributed by atoms with Gasteiger partial charge in [-0.15, -0.1) is 11.3 Å². The highest BCUT2D eigenvalue weighted by molar-refractivity contribution is 7.13. The molecule has 0 atom stereocenters. The van der Waals surface area contributed by atoms with Crippen molar-refractivity contribution in [2.75, 3.05) is 30.8 Å². The lowest BCUT2D eigenvalue weighted by Gasteiger charge is -2.24. The van der Waals surface area contributed by atoms with Crippen LogP contribution in [0.5, 0.6) is 0 Å². The van der Waals surface area contributed by atoms with E-state index in [1.807, 2.05) is 24.0 Å². The quantitative estimate of drug-likeness (QED) is 0.535. The average molecular weight is 415 g/mol. The molecule has 0 saturated carbocycles. The highest BCUT2D eigenvalue weighted by Gasteiger charge is 2.23. The number of hydrogen-bond acceptors (Lipinski definition) is 7. The first kappa shape index (κ1) is 20.8. The summed E-state index contributed by atoms with van der Waals surface area (Å²) in [6.07, 6.45) is 6.06. The smallest absolute Gasteiger partial charge is 0.285 e. The molecule has 1 aliphatic heterocycles. The van der Waals surface area contributed by atoms with E-state index in [0.29, 0.717) is 29.5 Å². The van der Waals surface area contributed by atoms with E-state index in [2.05, 4.69) is 27.0 Å². The van der Waals surface area contributed by atoms with Gasteiger partial charge in [-0.2, -0.15) is 0 Å². The molecule has 2 aromatic heterocycles. The first-order valence-electron chi connectivity index (χ1n) is 9.19. The number of nitrogens with one attached hydrogen (secondary N) is 1. The zero-order chi connectivity index (χ0) is 20.8. The lowest BCUT2D eigenvalue weighted by Crippen LogP contribution is -2.31. The Labute approximate surface area is 172 Å². The molecule has 0 unspecified atom stereocenters. The largest absolute Gasteiger partial charge is 0.396 e. The second kappa shape index (κ2) is 9.53. The van der Waals surface area contributed by atoms with E-state index < -0.39 is 0 Å². The van der Waals surface area contributed by atoms with Crippen molar-refractivity contribution in [2.45, 2.75) is 19.9 Å². The van der Waals surface area contributed by atoms with Gasteiger partial charge in [-0.1, -0.05) is 12.2 Å². The van der Waals surface area contributed by atoms with E-state index in [-0.39, 0.29) is 18.4 Å². The molecule has 7 nitrogen and oxygen atoms in total. The number of carbonyl (C=O) groups excluding carboxylic acids is 1. The van der Waals surface area contributed by atoms with Crippen LogP contribution in [0.2, 0.25) is 0 Å². The summed E-state index contributed by atoms with van der Waals surface area (Å²) >= 11 is 1.36. The van der Waals surface area contributed by atoms with Crippen molar-refractivity contribution in [3.8, 4) is 0 Å². The number of alkyl halides is 1. The van der Waals surface area contributed by atoms with Gasteiger partial charge in [0.1, 0.15) is 6.67 Å². The Morgan fingerprint density at radius 3 is 3.03 bits per heavy atom. The van der Waals surface area contributed by atoms with Crippen LogP contribution in [-0.4, -0.2) is 47.3 Å². The maximum Gasteiger partial charge on any atom is 0.285 e. The highest BCUT2D eigenvalue weighted by Crippen LogP contribution is 2.27. The number of allylic oxidation sites excluding steroid dienone is 3. The molecule has 0 aliphatic carbocycles. The van der Waals surface area contributed by atoms with Crippen molar-refractivity contribution in [3.63, 3.8) is 0 Å². The standard InChI is InChI=1S/C20H23FN6OS/c1-3-4-13(11-23-2)15-6-5-14(22)18(24-15)26-19(28)20-25-16-12-27(10-8-21)9-7-17(16)29-20/h3-6,11H,2,7-10,12,22H2,1H3,(H,24,26,28)/b4-3-,13-11+. The fraction of sp³-hybridized carbons (Fsp3) is 0.300. The molecule has 0 fully saturated rings. The van der Waals surface area contributed by atoms with Gasteiger partial charge >= 0.3 is 0 Å². The number of aromatic nitrogens is 2. The molecule has 3 N–H and O–H groups in total. The zero-order valence-electron chi connectivity index (χ0n) is 16.2. The Morgan fingerprint density at radius 2 is 2.31 bits per heavy atom. The van der Waals surface area contributed by atoms with E-state index in [9.17, 15) is 9.18 Å². The van der Waals surface area contributed by atoms with Gasteiger partial charge in [0.2, 0.25) is 0 Å². The zero-order valence-corrected chi connectivity index (χ0v) is 17.0. The lowest BCUT2D eigenvalue weighted by atomic mass is 10.1. The fourth-order valence-electron chi connectivity index (χ4n) is 3.02. The summed E-state index contributed by atoms with van der Waals surface area (Å²) in [6, 6.07) is 3.43. The van der Waals surface area contributed by atoms with Gasteiger partial charge in [-0.3, -0.25) is 14.7 Å². The summed E-state index contributed by atoms with van der Waals surface area (Å²) in [4.78, 5) is 28.5. The SMILES string of the molecule is C=N/C=C(\C=C/C)c1ccc(N)c(NC(=O)c2nc3c(s2)CCN(CCF)C3)n1. The molecule has 3 heterocycles. The third-order valence-corrected chi connectivity index (χ3v) is 5.59. The van der Waals surface area contributed by atoms with Gasteiger partial charge < -0.3 is 11.1 Å². The van der Waals surface area contributed by atoms with Crippen molar-refractivity contribution in [3.05, 3.63) is 51.8 Å². The number of halogens is 1. The molecule has 1 aliphatic rings. The summed E-state index contributed by atoms with van der Waals surface area (Å²) in [6.45, 7) is 6.68. The number of thiazole rings is 1. The van der Waals surface area contributed by atoms with Crippen molar-refractivity contribution in [1.82, 2.24) is 14.9 Å². The first-order valence-corrected chi connectivity index (χ1v) is 10.0. The van der Waals surface area contributed by atoms with Crippen molar-refractivity contribution < 1.29 is 9.18 Å². The molecular formula is C20H23FN6OS. The van der Waals surface area contributed by atoms with Crippen LogP contribution in [0.15, 0.2) is 35.5 Å². The van der Waals surface area contributed by atoms with Gasteiger partial charge in [-0.25, -0.2) is 14.4 Å². The number of fused-ring (bicyclic) bond motifs is 1. The molecule has 2 aromatic rings. The van der Waals surface area contributed by atoms with Crippen molar-refractivity contribution >= 4 is 41.0 Å². The molecule has 3 rings (SSSR count). The Morgan fingerprint density at radius 1 is 1.48 bits per heavy atom. The van der Waals surface area contributed by atoms with Crippen LogP contribution in [0, 0.1) is 0 Å². The second-order valence-corrected chi connectivity index (χ2v) is 7.54. The van der Waals surface area contributed by atoms with E-state index in [4.69, 9.17) is 5.73 Å². The number of amides is 1. The number of carbonyl (C=O) groups is 1. The first-order chi connectivity index (χ1) is 14.0. The van der Waals surface area contributed by atoms with Crippen LogP contribution in [0.1, 0.15) is 33.0 Å². The topological polar surface area (TPSA) is 96.5 Å². The Kier molecular flexibility index (Phi) is 6.84. The predicted molar refractivity (Wildman–Crippen MR) is 116 cm³/mol. The normalized spacial score (nSPS) is 14.8. The van der Waals surface area contributed by atoms with Gasteiger partial charge in [0.25, 0.3) is 5.91 Å². The van der Waals surface area contributed by atoms with Crippen molar-refractivity contribution in [2.24, 2.45) is 4.99 Å². The van der Waals surface area contributed by atoms with Crippen LogP contribution >= 0.6 is 11.3 Å². The number of nitrogen functional groups attached to an aromatic ring is 1. The van der Waals surface area contributed by atoms with Crippen LogP contribution in [0.3, 0.4) is 0 Å². The summed E-state index contributed by atoms with van der Waals surface area (Å²) in [5, 5.41) is 3.10. The summed E-state index contributed by atoms with van der Waals surface area (Å²) in [5.74, 6) is -0.101. The van der Waals surface area contributed by atoms with Crippen LogP contribution in [-0.2, 0) is 13.0 Å². The fourth-order valence-corrected chi connectivity index (χ4v) is 3.98. The van der Waals surface area contributed by atoms with Crippen LogP contribution < -0.4 is 11.1 Å². The summed E-state index contributed by atoms with van der Waals surface area (Å²) in [5.41, 5.74) is 8.55. The second-order valence-electron chi connectivity index (χ2n) is 6.46. The van der Waals surface area contributed by atoms with Gasteiger partial charge in [-0.05, 0) is 32.2 Å². The number of nitrogens with zero attached hydrogens (tertiary/aromatic N) is 4. The molecule has 0 aromatic carbocycles. The monoisotopic (exact) mass is 414 g/mol. The maximum absolute atomic E-state index is 12.7. The summed E-state index contributed by atoms with van der Waals surface area (Å²) < 4.78 is 12.6. The Bertz CT molecular complexity index is 968. The number of anilines is 2.